The van der Waals surface area contributed by atoms with Crippen LogP contribution in [-0.4, -0.2) is 46.1 Å². The number of aliphatic hydroxyl groups is 1. The second kappa shape index (κ2) is 11.3. The van der Waals surface area contributed by atoms with E-state index >= 15 is 0 Å². The zero-order chi connectivity index (χ0) is 28.6. The van der Waals surface area contributed by atoms with E-state index in [-0.39, 0.29) is 24.7 Å². The van der Waals surface area contributed by atoms with E-state index in [1.165, 1.54) is 19.3 Å². The Morgan fingerprint density at radius 2 is 1.78 bits per heavy atom. The Kier molecular flexibility index (Phi) is 7.72. The minimum absolute atomic E-state index is 0.0206. The van der Waals surface area contributed by atoms with Crippen molar-refractivity contribution >= 4 is 11.6 Å². The number of anilines is 1. The highest BCUT2D eigenvalue weighted by atomic mass is 16.7. The molecule has 1 aromatic heterocycles. The number of carbonyl (C=O) groups is 1. The fourth-order valence-corrected chi connectivity index (χ4v) is 7.51. The van der Waals surface area contributed by atoms with Gasteiger partial charge >= 0.3 is 0 Å². The third-order valence-electron chi connectivity index (χ3n) is 8.94. The highest BCUT2D eigenvalue weighted by Crippen LogP contribution is 2.53. The van der Waals surface area contributed by atoms with Gasteiger partial charge in [-0.2, -0.15) is 0 Å². The van der Waals surface area contributed by atoms with Crippen LogP contribution in [0, 0.1) is 10.8 Å². The number of nitrogens with one attached hydrogen (secondary N) is 1. The summed E-state index contributed by atoms with van der Waals surface area (Å²) in [6.07, 6.45) is 7.12. The van der Waals surface area contributed by atoms with Gasteiger partial charge in [0.25, 0.3) is 5.91 Å². The quantitative estimate of drug-likeness (QED) is 0.357. The fourth-order valence-electron chi connectivity index (χ4n) is 7.51. The van der Waals surface area contributed by atoms with Crippen LogP contribution in [0.3, 0.4) is 0 Å². The van der Waals surface area contributed by atoms with Crippen molar-refractivity contribution in [2.45, 2.75) is 77.6 Å². The van der Waals surface area contributed by atoms with E-state index < -0.39 is 6.29 Å². The molecular weight excluding hydrogens is 514 g/mol. The molecule has 3 aromatic rings. The Hall–Kier alpha value is -3.10. The van der Waals surface area contributed by atoms with Crippen LogP contribution in [0.2, 0.25) is 0 Å². The highest BCUT2D eigenvalue weighted by molar-refractivity contribution is 6.04. The average molecular weight is 556 g/mol. The molecule has 1 amide bonds. The number of nitrogens with zero attached hydrogens (tertiary/aromatic N) is 2. The van der Waals surface area contributed by atoms with Crippen LogP contribution in [-0.2, 0) is 16.1 Å². The van der Waals surface area contributed by atoms with Crippen LogP contribution in [0.25, 0.3) is 0 Å². The first-order chi connectivity index (χ1) is 19.7. The molecule has 1 aliphatic carbocycles. The van der Waals surface area contributed by atoms with Crippen LogP contribution in [0.1, 0.15) is 85.9 Å². The Bertz CT molecular complexity index is 1340. The van der Waals surface area contributed by atoms with Crippen LogP contribution < -0.4 is 5.32 Å². The average Bonchev–Trinajstić information content (AvgIpc) is 3.20. The Balaban J connectivity index is 1.19. The van der Waals surface area contributed by atoms with Crippen LogP contribution in [0.5, 0.6) is 0 Å². The predicted molar refractivity (Wildman–Crippen MR) is 158 cm³/mol. The SMILES string of the molecule is CC1(C)CC2CC(C)(CN2C[C@H]2C[C@@H](c3ccc(CO)cc3)O[C@@H](c3ccc(NC(=O)c4cccnc4)cc3)O2)C1. The largest absolute Gasteiger partial charge is 0.392 e. The number of ether oxygens (including phenoxy) is 2. The lowest BCUT2D eigenvalue weighted by Crippen LogP contribution is -2.42. The normalized spacial score (nSPS) is 29.3. The van der Waals surface area contributed by atoms with Crippen molar-refractivity contribution in [3.8, 4) is 0 Å². The number of carbonyl (C=O) groups excluding carboxylic acids is 1. The van der Waals surface area contributed by atoms with Crippen molar-refractivity contribution in [1.82, 2.24) is 9.88 Å². The monoisotopic (exact) mass is 555 g/mol. The van der Waals surface area contributed by atoms with Gasteiger partial charge in [0.2, 0.25) is 0 Å². The van der Waals surface area contributed by atoms with Crippen molar-refractivity contribution in [3.05, 3.63) is 95.3 Å². The smallest absolute Gasteiger partial charge is 0.257 e. The van der Waals surface area contributed by atoms with Gasteiger partial charge in [-0.1, -0.05) is 57.2 Å². The molecular formula is C34H41N3O4. The summed E-state index contributed by atoms with van der Waals surface area (Å²) in [5.74, 6) is -0.199. The Labute approximate surface area is 242 Å². The van der Waals surface area contributed by atoms with Crippen LogP contribution >= 0.6 is 0 Å². The summed E-state index contributed by atoms with van der Waals surface area (Å²) in [7, 11) is 0. The standard InChI is InChI=1S/C34H41N3O4/c1-33(2)16-28-17-34(3,21-33)22-37(28)19-29-15-30(24-8-6-23(20-38)7-9-24)41-32(40-29)25-10-12-27(13-11-25)36-31(39)26-5-4-14-35-18-26/h4-14,18,28-30,32,38H,15-17,19-22H2,1-3H3,(H,36,39)/t28?,29-,30+,32+,34?/m1/s1. The number of rotatable bonds is 7. The summed E-state index contributed by atoms with van der Waals surface area (Å²) in [4.78, 5) is 19.3. The van der Waals surface area contributed by atoms with Gasteiger partial charge in [0, 0.05) is 49.2 Å². The first-order valence-corrected chi connectivity index (χ1v) is 14.7. The third kappa shape index (κ3) is 6.38. The molecule has 2 aromatic carbocycles. The molecule has 2 bridgehead atoms. The highest BCUT2D eigenvalue weighted by Gasteiger charge is 2.50. The zero-order valence-corrected chi connectivity index (χ0v) is 24.3. The van der Waals surface area contributed by atoms with Gasteiger partial charge in [-0.15, -0.1) is 0 Å². The number of amides is 1. The molecule has 2 unspecified atom stereocenters. The Morgan fingerprint density at radius 3 is 2.49 bits per heavy atom. The molecule has 2 aliphatic heterocycles. The van der Waals surface area contributed by atoms with Gasteiger partial charge < -0.3 is 19.9 Å². The summed E-state index contributed by atoms with van der Waals surface area (Å²) in [6, 6.07) is 19.8. The molecule has 2 N–H and O–H groups in total. The van der Waals surface area contributed by atoms with E-state index in [0.717, 1.165) is 36.2 Å². The number of likely N-dealkylation sites (tertiary alicyclic amines) is 1. The lowest BCUT2D eigenvalue weighted by Gasteiger charge is -2.41. The maximum Gasteiger partial charge on any atom is 0.257 e. The van der Waals surface area contributed by atoms with Crippen LogP contribution in [0.4, 0.5) is 5.69 Å². The van der Waals surface area contributed by atoms with Gasteiger partial charge in [-0.3, -0.25) is 14.7 Å². The second-order valence-electron chi connectivity index (χ2n) is 13.3. The van der Waals surface area contributed by atoms with Gasteiger partial charge in [-0.05, 0) is 65.5 Å². The molecule has 3 fully saturated rings. The van der Waals surface area contributed by atoms with Gasteiger partial charge in [0.15, 0.2) is 6.29 Å². The van der Waals surface area contributed by atoms with Crippen molar-refractivity contribution in [2.24, 2.45) is 10.8 Å². The summed E-state index contributed by atoms with van der Waals surface area (Å²) in [5, 5.41) is 12.5. The molecule has 3 aliphatic rings. The lowest BCUT2D eigenvalue weighted by molar-refractivity contribution is -0.253. The number of hydrogen-bond acceptors (Lipinski definition) is 6. The van der Waals surface area contributed by atoms with E-state index in [1.54, 1.807) is 24.5 Å². The van der Waals surface area contributed by atoms with E-state index in [2.05, 4.69) is 48.1 Å². The first-order valence-electron chi connectivity index (χ1n) is 14.7. The maximum atomic E-state index is 12.6. The van der Waals surface area contributed by atoms with Gasteiger partial charge in [-0.25, -0.2) is 0 Å². The first kappa shape index (κ1) is 28.0. The molecule has 7 nitrogen and oxygen atoms in total. The van der Waals surface area contributed by atoms with Crippen molar-refractivity contribution in [2.75, 3.05) is 18.4 Å². The summed E-state index contributed by atoms with van der Waals surface area (Å²) in [5.41, 5.74) is 4.85. The Morgan fingerprint density at radius 1 is 1.02 bits per heavy atom. The molecule has 5 atom stereocenters. The van der Waals surface area contributed by atoms with Crippen molar-refractivity contribution in [3.63, 3.8) is 0 Å². The predicted octanol–water partition coefficient (Wildman–Crippen LogP) is 6.27. The maximum absolute atomic E-state index is 12.6. The van der Waals surface area contributed by atoms with E-state index in [4.69, 9.17) is 9.47 Å². The molecule has 6 rings (SSSR count). The summed E-state index contributed by atoms with van der Waals surface area (Å²) >= 11 is 0. The number of hydrogen-bond donors (Lipinski definition) is 2. The number of benzene rings is 2. The van der Waals surface area contributed by atoms with E-state index in [0.29, 0.717) is 28.1 Å². The van der Waals surface area contributed by atoms with E-state index in [1.807, 2.05) is 36.4 Å². The van der Waals surface area contributed by atoms with Crippen molar-refractivity contribution < 1.29 is 19.4 Å². The second-order valence-corrected chi connectivity index (χ2v) is 13.3. The third-order valence-corrected chi connectivity index (χ3v) is 8.94. The van der Waals surface area contributed by atoms with Crippen LogP contribution in [0.15, 0.2) is 73.1 Å². The zero-order valence-electron chi connectivity index (χ0n) is 24.3. The summed E-state index contributed by atoms with van der Waals surface area (Å²) < 4.78 is 13.2. The molecule has 0 radical (unpaired) electrons. The molecule has 41 heavy (non-hydrogen) atoms. The van der Waals surface area contributed by atoms with Crippen molar-refractivity contribution in [1.29, 1.82) is 0 Å². The molecule has 1 saturated carbocycles. The number of pyridine rings is 1. The molecule has 3 heterocycles. The minimum Gasteiger partial charge on any atom is -0.392 e. The van der Waals surface area contributed by atoms with E-state index in [9.17, 15) is 9.90 Å². The summed E-state index contributed by atoms with van der Waals surface area (Å²) in [6.45, 7) is 9.31. The fraction of sp³-hybridized carbons (Fsp3) is 0.471. The lowest BCUT2D eigenvalue weighted by atomic mass is 9.65. The molecule has 0 spiro atoms. The number of fused-ring (bicyclic) bond motifs is 2. The van der Waals surface area contributed by atoms with Gasteiger partial charge in [0.05, 0.1) is 24.4 Å². The number of aromatic nitrogens is 1. The van der Waals surface area contributed by atoms with Gasteiger partial charge in [0.1, 0.15) is 0 Å². The molecule has 216 valence electrons. The number of aliphatic hydroxyl groups excluding tert-OH is 1. The molecule has 7 heteroatoms. The molecule has 2 saturated heterocycles. The topological polar surface area (TPSA) is 83.9 Å². The minimum atomic E-state index is -0.520.